The van der Waals surface area contributed by atoms with E-state index in [0.29, 0.717) is 24.5 Å². The smallest absolute Gasteiger partial charge is 0.330 e. The molecule has 0 amide bonds. The predicted octanol–water partition coefficient (Wildman–Crippen LogP) is 4.85. The molecule has 0 atom stereocenters. The SMILES string of the molecule is C=CC(=O)OCCOc1ccc(C#Cc2ccc(C#Cc3ccc(OCCCCCC(=C)C(=O)[O-])cc3)cc2OC)cc1. The van der Waals surface area contributed by atoms with Crippen LogP contribution in [-0.2, 0) is 14.3 Å². The fourth-order valence-electron chi connectivity index (χ4n) is 3.70. The number of rotatable bonds is 14. The van der Waals surface area contributed by atoms with Crippen molar-refractivity contribution in [3.8, 4) is 40.9 Å². The normalized spacial score (nSPS) is 9.79. The molecule has 0 radical (unpaired) electrons. The molecule has 0 saturated heterocycles. The van der Waals surface area contributed by atoms with Crippen molar-refractivity contribution in [3.63, 3.8) is 0 Å². The predicted molar refractivity (Wildman–Crippen MR) is 163 cm³/mol. The fourth-order valence-corrected chi connectivity index (χ4v) is 3.70. The zero-order valence-corrected chi connectivity index (χ0v) is 24.1. The minimum absolute atomic E-state index is 0.134. The molecule has 43 heavy (non-hydrogen) atoms. The van der Waals surface area contributed by atoms with Crippen molar-refractivity contribution in [2.45, 2.75) is 25.7 Å². The van der Waals surface area contributed by atoms with Crippen LogP contribution in [0.1, 0.15) is 47.9 Å². The summed E-state index contributed by atoms with van der Waals surface area (Å²) in [6, 6.07) is 20.5. The molecule has 0 spiro atoms. The molecule has 0 N–H and O–H groups in total. The first kappa shape index (κ1) is 32.1. The zero-order valence-electron chi connectivity index (χ0n) is 24.1. The van der Waals surface area contributed by atoms with Gasteiger partial charge in [0.05, 0.1) is 25.2 Å². The fraction of sp³-hybridized carbons (Fsp3) is 0.222. The minimum atomic E-state index is -1.18. The van der Waals surface area contributed by atoms with E-state index in [0.717, 1.165) is 53.3 Å². The van der Waals surface area contributed by atoms with E-state index in [4.69, 9.17) is 18.9 Å². The summed E-state index contributed by atoms with van der Waals surface area (Å²) in [5, 5.41) is 10.7. The van der Waals surface area contributed by atoms with Crippen molar-refractivity contribution in [1.82, 2.24) is 0 Å². The first-order valence-electron chi connectivity index (χ1n) is 13.7. The first-order chi connectivity index (χ1) is 20.9. The van der Waals surface area contributed by atoms with Gasteiger partial charge in [-0.2, -0.15) is 0 Å². The summed E-state index contributed by atoms with van der Waals surface area (Å²) in [6.45, 7) is 7.76. The second kappa shape index (κ2) is 17.4. The third kappa shape index (κ3) is 11.5. The van der Waals surface area contributed by atoms with E-state index < -0.39 is 11.9 Å². The second-order valence-electron chi connectivity index (χ2n) is 9.23. The number of carboxylic acid groups (broad SMARTS) is 1. The van der Waals surface area contributed by atoms with Crippen molar-refractivity contribution in [3.05, 3.63) is 114 Å². The van der Waals surface area contributed by atoms with Gasteiger partial charge in [-0.05, 0) is 98.0 Å². The number of hydrogen-bond donors (Lipinski definition) is 0. The van der Waals surface area contributed by atoms with Gasteiger partial charge in [-0.3, -0.25) is 0 Å². The van der Waals surface area contributed by atoms with Crippen LogP contribution >= 0.6 is 0 Å². The van der Waals surface area contributed by atoms with Crippen LogP contribution in [0.3, 0.4) is 0 Å². The number of ether oxygens (including phenoxy) is 4. The van der Waals surface area contributed by atoms with Gasteiger partial charge < -0.3 is 28.8 Å². The number of hydrogen-bond acceptors (Lipinski definition) is 7. The molecule has 3 rings (SSSR count). The molecule has 0 aromatic heterocycles. The lowest BCUT2D eigenvalue weighted by atomic mass is 10.1. The maximum absolute atomic E-state index is 11.1. The molecule has 3 aromatic rings. The Hall–Kier alpha value is -5.40. The van der Waals surface area contributed by atoms with E-state index >= 15 is 0 Å². The van der Waals surface area contributed by atoms with Crippen LogP contribution in [0.5, 0.6) is 17.2 Å². The van der Waals surface area contributed by atoms with Gasteiger partial charge in [-0.15, -0.1) is 0 Å². The number of benzene rings is 3. The van der Waals surface area contributed by atoms with E-state index in [2.05, 4.69) is 36.8 Å². The van der Waals surface area contributed by atoms with Crippen molar-refractivity contribution in [2.75, 3.05) is 26.9 Å². The molecule has 220 valence electrons. The van der Waals surface area contributed by atoms with E-state index in [1.165, 1.54) is 0 Å². The number of esters is 1. The Balaban J connectivity index is 1.50. The van der Waals surface area contributed by atoms with Gasteiger partial charge in [-0.25, -0.2) is 4.79 Å². The molecule has 7 heteroatoms. The van der Waals surface area contributed by atoms with E-state index in [1.807, 2.05) is 54.6 Å². The van der Waals surface area contributed by atoms with Crippen LogP contribution in [0.25, 0.3) is 0 Å². The summed E-state index contributed by atoms with van der Waals surface area (Å²) >= 11 is 0. The molecule has 0 bridgehead atoms. The monoisotopic (exact) mass is 577 g/mol. The lowest BCUT2D eigenvalue weighted by Crippen LogP contribution is -2.23. The van der Waals surface area contributed by atoms with E-state index in [-0.39, 0.29) is 18.8 Å². The van der Waals surface area contributed by atoms with Crippen molar-refractivity contribution < 1.29 is 33.6 Å². The molecular formula is C36H33O7-. The number of carboxylic acids is 1. The lowest BCUT2D eigenvalue weighted by Gasteiger charge is -2.07. The number of carbonyl (C=O) groups is 2. The van der Waals surface area contributed by atoms with Crippen LogP contribution in [0.15, 0.2) is 91.5 Å². The van der Waals surface area contributed by atoms with Gasteiger partial charge >= 0.3 is 5.97 Å². The highest BCUT2D eigenvalue weighted by Crippen LogP contribution is 2.20. The zero-order chi connectivity index (χ0) is 30.9. The maximum atomic E-state index is 11.1. The third-order valence-corrected chi connectivity index (χ3v) is 6.05. The largest absolute Gasteiger partial charge is 0.545 e. The summed E-state index contributed by atoms with van der Waals surface area (Å²) in [7, 11) is 1.60. The summed E-state index contributed by atoms with van der Waals surface area (Å²) in [5.74, 6) is 12.9. The topological polar surface area (TPSA) is 94.1 Å². The van der Waals surface area contributed by atoms with Gasteiger partial charge in [0.25, 0.3) is 0 Å². The molecule has 0 heterocycles. The maximum Gasteiger partial charge on any atom is 0.330 e. The Labute approximate surface area is 252 Å². The summed E-state index contributed by atoms with van der Waals surface area (Å²) in [5.41, 5.74) is 3.33. The lowest BCUT2D eigenvalue weighted by molar-refractivity contribution is -0.299. The number of carbonyl (C=O) groups excluding carboxylic acids is 2. The molecule has 0 aliphatic heterocycles. The number of unbranched alkanes of at least 4 members (excludes halogenated alkanes) is 2. The highest BCUT2D eigenvalue weighted by Gasteiger charge is 2.02. The number of aliphatic carboxylic acids is 1. The average molecular weight is 578 g/mol. The van der Waals surface area contributed by atoms with E-state index in [1.54, 1.807) is 19.2 Å². The standard InChI is InChI=1S/C36H34O7/c1-4-35(37)43-25-24-42-33-21-15-29(16-22-33)11-17-31-18-12-30(26-34(31)40-3)10-9-28-13-19-32(20-14-28)41-23-7-5-6-8-27(2)36(38)39/h4,12-16,18-22,26H,1-2,5-8,23-25H2,3H3,(H,38,39)/p-1. The summed E-state index contributed by atoms with van der Waals surface area (Å²) in [4.78, 5) is 21.7. The van der Waals surface area contributed by atoms with Gasteiger partial charge in [-0.1, -0.05) is 36.8 Å². The quantitative estimate of drug-likeness (QED) is 0.117. The highest BCUT2D eigenvalue weighted by atomic mass is 16.6. The third-order valence-electron chi connectivity index (χ3n) is 6.05. The van der Waals surface area contributed by atoms with Gasteiger partial charge in [0.1, 0.15) is 30.5 Å². The molecule has 7 nitrogen and oxygen atoms in total. The van der Waals surface area contributed by atoms with Crippen LogP contribution in [-0.4, -0.2) is 38.9 Å². The Morgan fingerprint density at radius 2 is 1.35 bits per heavy atom. The van der Waals surface area contributed by atoms with Crippen LogP contribution < -0.4 is 19.3 Å². The van der Waals surface area contributed by atoms with Crippen molar-refractivity contribution in [1.29, 1.82) is 0 Å². The van der Waals surface area contributed by atoms with Crippen LogP contribution in [0.4, 0.5) is 0 Å². The van der Waals surface area contributed by atoms with Crippen LogP contribution in [0, 0.1) is 23.7 Å². The summed E-state index contributed by atoms with van der Waals surface area (Å²) < 4.78 is 21.7. The van der Waals surface area contributed by atoms with Crippen molar-refractivity contribution in [2.24, 2.45) is 0 Å². The summed E-state index contributed by atoms with van der Waals surface area (Å²) in [6.07, 6.45) is 3.96. The van der Waals surface area contributed by atoms with Gasteiger partial charge in [0.2, 0.25) is 0 Å². The molecule has 0 fully saturated rings. The van der Waals surface area contributed by atoms with E-state index in [9.17, 15) is 14.7 Å². The second-order valence-corrected chi connectivity index (χ2v) is 9.23. The molecule has 3 aromatic carbocycles. The van der Waals surface area contributed by atoms with Crippen molar-refractivity contribution >= 4 is 11.9 Å². The molecule has 0 unspecified atom stereocenters. The molecule has 0 saturated carbocycles. The van der Waals surface area contributed by atoms with Gasteiger partial charge in [0.15, 0.2) is 0 Å². The Kier molecular flexibility index (Phi) is 13.0. The molecule has 0 aliphatic carbocycles. The Bertz CT molecular complexity index is 1530. The minimum Gasteiger partial charge on any atom is -0.545 e. The number of methoxy groups -OCH3 is 1. The first-order valence-corrected chi connectivity index (χ1v) is 13.7. The Morgan fingerprint density at radius 1 is 0.767 bits per heavy atom. The highest BCUT2D eigenvalue weighted by molar-refractivity contribution is 5.83. The molecular weight excluding hydrogens is 544 g/mol. The average Bonchev–Trinajstić information content (AvgIpc) is 3.03. The molecule has 0 aliphatic rings. The van der Waals surface area contributed by atoms with Gasteiger partial charge in [0, 0.05) is 22.8 Å². The van der Waals surface area contributed by atoms with Crippen LogP contribution in [0.2, 0.25) is 0 Å². The Morgan fingerprint density at radius 3 is 1.95 bits per heavy atom.